The summed E-state index contributed by atoms with van der Waals surface area (Å²) in [7, 11) is 0. The molecule has 0 saturated carbocycles. The molecule has 0 bridgehead atoms. The van der Waals surface area contributed by atoms with Crippen LogP contribution in [0, 0.1) is 0 Å². The van der Waals surface area contributed by atoms with E-state index in [1.807, 2.05) is 0 Å². The van der Waals surface area contributed by atoms with E-state index in [0.29, 0.717) is 11.8 Å². The monoisotopic (exact) mass is 235 g/mol. The number of hydrogen-bond acceptors (Lipinski definition) is 5. The predicted octanol–water partition coefficient (Wildman–Crippen LogP) is 1.91. The number of nitrogens with zero attached hydrogens (tertiary/aromatic N) is 3. The molecule has 2 heterocycles. The Morgan fingerprint density at radius 3 is 2.94 bits per heavy atom. The van der Waals surface area contributed by atoms with Gasteiger partial charge in [-0.1, -0.05) is 13.8 Å². The van der Waals surface area contributed by atoms with Crippen LogP contribution in [0.5, 0.6) is 0 Å². The Kier molecular flexibility index (Phi) is 3.87. The molecule has 0 radical (unpaired) electrons. The maximum Gasteiger partial charge on any atom is 0.265 e. The van der Waals surface area contributed by atoms with Crippen molar-refractivity contribution in [1.82, 2.24) is 25.7 Å². The maximum atomic E-state index is 5.62. The highest BCUT2D eigenvalue weighted by Gasteiger charge is 2.17. The van der Waals surface area contributed by atoms with Crippen LogP contribution in [0.2, 0.25) is 0 Å². The normalized spacial score (nSPS) is 12.8. The van der Waals surface area contributed by atoms with Gasteiger partial charge in [0, 0.05) is 6.20 Å². The van der Waals surface area contributed by atoms with E-state index in [1.54, 1.807) is 12.3 Å². The molecule has 2 rings (SSSR count). The van der Waals surface area contributed by atoms with Crippen molar-refractivity contribution in [2.45, 2.75) is 32.7 Å². The van der Waals surface area contributed by atoms with Crippen molar-refractivity contribution in [3.8, 4) is 11.6 Å². The largest absolute Gasteiger partial charge is 0.418 e. The molecule has 0 aliphatic rings. The third-order valence-electron chi connectivity index (χ3n) is 2.52. The molecule has 0 fully saturated rings. The van der Waals surface area contributed by atoms with Crippen molar-refractivity contribution >= 4 is 0 Å². The highest BCUT2D eigenvalue weighted by Crippen LogP contribution is 2.20. The fraction of sp³-hybridized carbons (Fsp3) is 0.545. The molecule has 17 heavy (non-hydrogen) atoms. The summed E-state index contributed by atoms with van der Waals surface area (Å²) in [6, 6.07) is 1.93. The summed E-state index contributed by atoms with van der Waals surface area (Å²) in [6.07, 6.45) is 3.66. The van der Waals surface area contributed by atoms with Gasteiger partial charge in [0.2, 0.25) is 5.89 Å². The van der Waals surface area contributed by atoms with E-state index < -0.39 is 0 Å². The standard InChI is InChI=1S/C11H17N5O/c1-3-6-12-8(4-2)10-15-16-11(17-10)9-5-7-13-14-9/h5,7-8,12H,3-4,6H2,1-2H3,(H,13,14). The smallest absolute Gasteiger partial charge is 0.265 e. The van der Waals surface area contributed by atoms with Crippen LogP contribution in [0.3, 0.4) is 0 Å². The molecule has 6 nitrogen and oxygen atoms in total. The van der Waals surface area contributed by atoms with Gasteiger partial charge in [-0.25, -0.2) is 0 Å². The lowest BCUT2D eigenvalue weighted by Gasteiger charge is -2.11. The molecule has 1 atom stereocenters. The molecule has 2 N–H and O–H groups in total. The van der Waals surface area contributed by atoms with E-state index in [0.717, 1.165) is 25.1 Å². The fourth-order valence-electron chi connectivity index (χ4n) is 1.58. The second-order valence-electron chi connectivity index (χ2n) is 3.83. The van der Waals surface area contributed by atoms with Gasteiger partial charge >= 0.3 is 0 Å². The van der Waals surface area contributed by atoms with Crippen molar-refractivity contribution in [2.75, 3.05) is 6.54 Å². The Morgan fingerprint density at radius 1 is 1.41 bits per heavy atom. The minimum absolute atomic E-state index is 0.124. The van der Waals surface area contributed by atoms with Gasteiger partial charge in [-0.15, -0.1) is 10.2 Å². The number of H-pyrrole nitrogens is 1. The van der Waals surface area contributed by atoms with Gasteiger partial charge in [0.25, 0.3) is 5.89 Å². The average molecular weight is 235 g/mol. The SMILES string of the molecule is CCCNC(CC)c1nnc(-c2ccn[nH]2)o1. The van der Waals surface area contributed by atoms with E-state index >= 15 is 0 Å². The molecule has 0 spiro atoms. The number of aromatic nitrogens is 4. The van der Waals surface area contributed by atoms with E-state index in [9.17, 15) is 0 Å². The zero-order valence-electron chi connectivity index (χ0n) is 10.1. The summed E-state index contributed by atoms with van der Waals surface area (Å²) < 4.78 is 5.62. The van der Waals surface area contributed by atoms with Crippen molar-refractivity contribution in [3.05, 3.63) is 18.2 Å². The first-order chi connectivity index (χ1) is 8.35. The van der Waals surface area contributed by atoms with Crippen molar-refractivity contribution in [1.29, 1.82) is 0 Å². The quantitative estimate of drug-likeness (QED) is 0.799. The minimum atomic E-state index is 0.124. The Balaban J connectivity index is 2.11. The number of nitrogens with one attached hydrogen (secondary N) is 2. The van der Waals surface area contributed by atoms with Crippen LogP contribution in [-0.4, -0.2) is 26.9 Å². The second-order valence-corrected chi connectivity index (χ2v) is 3.83. The van der Waals surface area contributed by atoms with Crippen molar-refractivity contribution in [2.24, 2.45) is 0 Å². The summed E-state index contributed by atoms with van der Waals surface area (Å²) >= 11 is 0. The molecule has 6 heteroatoms. The Bertz CT molecular complexity index is 436. The molecule has 0 saturated heterocycles. The van der Waals surface area contributed by atoms with Crippen molar-refractivity contribution < 1.29 is 4.42 Å². The molecule has 92 valence electrons. The fourth-order valence-corrected chi connectivity index (χ4v) is 1.58. The molecular weight excluding hydrogens is 218 g/mol. The topological polar surface area (TPSA) is 79.6 Å². The van der Waals surface area contributed by atoms with Gasteiger partial charge in [0.1, 0.15) is 5.69 Å². The number of aromatic amines is 1. The lowest BCUT2D eigenvalue weighted by molar-refractivity contribution is 0.395. The van der Waals surface area contributed by atoms with Crippen LogP contribution in [0.1, 0.15) is 38.6 Å². The summed E-state index contributed by atoms with van der Waals surface area (Å²) in [5, 5.41) is 18.1. The van der Waals surface area contributed by atoms with Gasteiger partial charge in [0.05, 0.1) is 6.04 Å². The van der Waals surface area contributed by atoms with Crippen LogP contribution < -0.4 is 5.32 Å². The lowest BCUT2D eigenvalue weighted by Crippen LogP contribution is -2.21. The summed E-state index contributed by atoms with van der Waals surface area (Å²) in [5.41, 5.74) is 0.745. The lowest BCUT2D eigenvalue weighted by atomic mass is 10.2. The van der Waals surface area contributed by atoms with Crippen LogP contribution in [-0.2, 0) is 0 Å². The summed E-state index contributed by atoms with van der Waals surface area (Å²) in [5.74, 6) is 1.11. The first kappa shape index (κ1) is 11.8. The van der Waals surface area contributed by atoms with Crippen LogP contribution in [0.15, 0.2) is 16.7 Å². The van der Waals surface area contributed by atoms with Crippen molar-refractivity contribution in [3.63, 3.8) is 0 Å². The first-order valence-corrected chi connectivity index (χ1v) is 5.91. The summed E-state index contributed by atoms with van der Waals surface area (Å²) in [6.45, 7) is 5.16. The molecule has 0 aliphatic heterocycles. The molecule has 1 unspecified atom stereocenters. The zero-order valence-corrected chi connectivity index (χ0v) is 10.1. The Labute approximate surface area is 99.8 Å². The van der Waals surface area contributed by atoms with Crippen LogP contribution in [0.25, 0.3) is 11.6 Å². The first-order valence-electron chi connectivity index (χ1n) is 5.91. The molecule has 2 aromatic rings. The second kappa shape index (κ2) is 5.58. The van der Waals surface area contributed by atoms with E-state index in [-0.39, 0.29) is 6.04 Å². The van der Waals surface area contributed by atoms with Gasteiger partial charge < -0.3 is 9.73 Å². The zero-order chi connectivity index (χ0) is 12.1. The van der Waals surface area contributed by atoms with Gasteiger partial charge in [-0.3, -0.25) is 5.10 Å². The highest BCUT2D eigenvalue weighted by molar-refractivity contribution is 5.44. The van der Waals surface area contributed by atoms with E-state index in [2.05, 4.69) is 39.6 Å². The predicted molar refractivity (Wildman–Crippen MR) is 63.2 cm³/mol. The molecule has 0 aliphatic carbocycles. The summed E-state index contributed by atoms with van der Waals surface area (Å²) in [4.78, 5) is 0. The molecule has 0 aromatic carbocycles. The Morgan fingerprint density at radius 2 is 2.29 bits per heavy atom. The van der Waals surface area contributed by atoms with Gasteiger partial charge in [-0.05, 0) is 25.5 Å². The van der Waals surface area contributed by atoms with Crippen LogP contribution in [0.4, 0.5) is 0 Å². The number of rotatable bonds is 6. The van der Waals surface area contributed by atoms with E-state index in [4.69, 9.17) is 4.42 Å². The van der Waals surface area contributed by atoms with Gasteiger partial charge in [-0.2, -0.15) is 5.10 Å². The van der Waals surface area contributed by atoms with Gasteiger partial charge in [0.15, 0.2) is 0 Å². The van der Waals surface area contributed by atoms with Crippen LogP contribution >= 0.6 is 0 Å². The molecular formula is C11H17N5O. The Hall–Kier alpha value is -1.69. The third-order valence-corrected chi connectivity index (χ3v) is 2.52. The average Bonchev–Trinajstić information content (AvgIpc) is 3.00. The highest BCUT2D eigenvalue weighted by atomic mass is 16.4. The third kappa shape index (κ3) is 2.71. The van der Waals surface area contributed by atoms with E-state index in [1.165, 1.54) is 0 Å². The molecule has 0 amide bonds. The minimum Gasteiger partial charge on any atom is -0.418 e. The molecule has 2 aromatic heterocycles. The maximum absolute atomic E-state index is 5.62. The number of hydrogen-bond donors (Lipinski definition) is 2.